The van der Waals surface area contributed by atoms with E-state index in [1.54, 1.807) is 13.0 Å². The molecule has 2 fully saturated rings. The number of carbonyl (C=O) groups excluding carboxylic acids is 2. The number of hydrogen-bond donors (Lipinski definition) is 2. The van der Waals surface area contributed by atoms with Crippen molar-refractivity contribution in [2.45, 2.75) is 37.9 Å². The molecule has 1 aliphatic heterocycles. The highest BCUT2D eigenvalue weighted by Crippen LogP contribution is 2.33. The van der Waals surface area contributed by atoms with Crippen LogP contribution >= 0.6 is 0 Å². The van der Waals surface area contributed by atoms with E-state index >= 15 is 0 Å². The molecule has 0 radical (unpaired) electrons. The minimum Gasteiger partial charge on any atom is -0.348 e. The summed E-state index contributed by atoms with van der Waals surface area (Å²) in [7, 11) is -3.18. The number of carbonyl (C=O) groups is 2. The molecule has 0 bridgehead atoms. The van der Waals surface area contributed by atoms with Crippen molar-refractivity contribution in [3.8, 4) is 0 Å². The van der Waals surface area contributed by atoms with Gasteiger partial charge in [0, 0.05) is 25.7 Å². The highest BCUT2D eigenvalue weighted by molar-refractivity contribution is 7.90. The van der Waals surface area contributed by atoms with Gasteiger partial charge in [0.15, 0.2) is 0 Å². The van der Waals surface area contributed by atoms with Gasteiger partial charge >= 0.3 is 11.8 Å². The van der Waals surface area contributed by atoms with Gasteiger partial charge in [-0.2, -0.15) is 0 Å². The number of benzene rings is 1. The summed E-state index contributed by atoms with van der Waals surface area (Å²) in [5.74, 6) is -1.79. The fourth-order valence-electron chi connectivity index (χ4n) is 3.34. The van der Waals surface area contributed by atoms with Crippen molar-refractivity contribution in [3.05, 3.63) is 33.9 Å². The molecule has 10 nitrogen and oxygen atoms in total. The Morgan fingerprint density at radius 3 is 2.41 bits per heavy atom. The Kier molecular flexibility index (Phi) is 6.18. The fourth-order valence-corrected chi connectivity index (χ4v) is 5.21. The Bertz CT molecular complexity index is 920. The third kappa shape index (κ3) is 5.10. The highest BCUT2D eigenvalue weighted by atomic mass is 32.2. The van der Waals surface area contributed by atoms with Crippen molar-refractivity contribution in [1.82, 2.24) is 9.62 Å². The number of piperidine rings is 1. The van der Waals surface area contributed by atoms with Crippen molar-refractivity contribution in [3.63, 3.8) is 0 Å². The van der Waals surface area contributed by atoms with E-state index in [0.29, 0.717) is 31.5 Å². The number of amides is 2. The van der Waals surface area contributed by atoms with Gasteiger partial charge in [-0.05, 0) is 50.2 Å². The van der Waals surface area contributed by atoms with Crippen LogP contribution in [-0.4, -0.2) is 54.3 Å². The Balaban J connectivity index is 1.48. The molecule has 11 heteroatoms. The smallest absolute Gasteiger partial charge is 0.313 e. The third-order valence-electron chi connectivity index (χ3n) is 5.23. The quantitative estimate of drug-likeness (QED) is 0.399. The zero-order valence-corrected chi connectivity index (χ0v) is 16.9. The number of rotatable bonds is 6. The number of hydrogen-bond acceptors (Lipinski definition) is 6. The lowest BCUT2D eigenvalue weighted by atomic mass is 9.98. The Labute approximate surface area is 168 Å². The molecule has 1 saturated carbocycles. The highest BCUT2D eigenvalue weighted by Gasteiger charge is 2.41. The van der Waals surface area contributed by atoms with Gasteiger partial charge < -0.3 is 10.6 Å². The number of anilines is 1. The van der Waals surface area contributed by atoms with E-state index in [0.717, 1.165) is 12.8 Å². The van der Waals surface area contributed by atoms with Crippen LogP contribution in [0.1, 0.15) is 31.2 Å². The van der Waals surface area contributed by atoms with E-state index in [-0.39, 0.29) is 29.1 Å². The van der Waals surface area contributed by atoms with Gasteiger partial charge in [-0.1, -0.05) is 6.07 Å². The molecule has 1 heterocycles. The van der Waals surface area contributed by atoms with Gasteiger partial charge in [-0.25, -0.2) is 12.7 Å². The zero-order chi connectivity index (χ0) is 21.2. The molecular formula is C18H24N4O6S. The van der Waals surface area contributed by atoms with Gasteiger partial charge in [0.25, 0.3) is 5.69 Å². The lowest BCUT2D eigenvalue weighted by Crippen LogP contribution is -2.44. The Morgan fingerprint density at radius 2 is 1.83 bits per heavy atom. The maximum absolute atomic E-state index is 12.2. The van der Waals surface area contributed by atoms with Gasteiger partial charge in [0.05, 0.1) is 10.2 Å². The molecule has 1 aliphatic carbocycles. The number of nitro benzene ring substituents is 1. The predicted octanol–water partition coefficient (Wildman–Crippen LogP) is 1.16. The molecule has 1 aromatic carbocycles. The summed E-state index contributed by atoms with van der Waals surface area (Å²) in [5, 5.41) is 15.7. The van der Waals surface area contributed by atoms with E-state index in [9.17, 15) is 28.1 Å². The monoisotopic (exact) mass is 424 g/mol. The predicted molar refractivity (Wildman–Crippen MR) is 106 cm³/mol. The van der Waals surface area contributed by atoms with Crippen molar-refractivity contribution in [1.29, 1.82) is 0 Å². The molecule has 0 aromatic heterocycles. The molecule has 158 valence electrons. The van der Waals surface area contributed by atoms with Crippen LogP contribution in [0.4, 0.5) is 11.4 Å². The van der Waals surface area contributed by atoms with Crippen LogP contribution in [-0.2, 0) is 19.6 Å². The summed E-state index contributed by atoms with van der Waals surface area (Å²) in [5.41, 5.74) is 0.337. The van der Waals surface area contributed by atoms with Crippen molar-refractivity contribution < 1.29 is 22.9 Å². The van der Waals surface area contributed by atoms with Crippen LogP contribution in [0.25, 0.3) is 0 Å². The Morgan fingerprint density at radius 1 is 1.17 bits per heavy atom. The van der Waals surface area contributed by atoms with Crippen LogP contribution in [0.15, 0.2) is 18.2 Å². The summed E-state index contributed by atoms with van der Waals surface area (Å²) in [6.45, 7) is 2.77. The maximum atomic E-state index is 12.2. The molecule has 2 aliphatic rings. The maximum Gasteiger partial charge on any atom is 0.313 e. The normalized spacial score (nSPS) is 18.2. The average Bonchev–Trinajstić information content (AvgIpc) is 3.53. The lowest BCUT2D eigenvalue weighted by molar-refractivity contribution is -0.384. The first-order valence-corrected chi connectivity index (χ1v) is 11.0. The van der Waals surface area contributed by atoms with E-state index < -0.39 is 26.8 Å². The standard InChI is InChI=1S/C18H24N4O6S/c1-12-2-5-15(16(10-12)22(25)26)20-18(24)17(23)19-11-13-6-8-21(9-7-13)29(27,28)14-3-4-14/h2,5,10,13-14H,3-4,6-9,11H2,1H3,(H,19,23)(H,20,24). The topological polar surface area (TPSA) is 139 Å². The van der Waals surface area contributed by atoms with Gasteiger partial charge in [-0.15, -0.1) is 0 Å². The van der Waals surface area contributed by atoms with Crippen LogP contribution in [0.2, 0.25) is 0 Å². The summed E-state index contributed by atoms with van der Waals surface area (Å²) in [6.07, 6.45) is 2.67. The van der Waals surface area contributed by atoms with Crippen molar-refractivity contribution >= 4 is 33.2 Å². The van der Waals surface area contributed by atoms with E-state index in [1.165, 1.54) is 16.4 Å². The van der Waals surface area contributed by atoms with E-state index in [2.05, 4.69) is 10.6 Å². The van der Waals surface area contributed by atoms with Gasteiger partial charge in [-0.3, -0.25) is 19.7 Å². The van der Waals surface area contributed by atoms with Gasteiger partial charge in [0.1, 0.15) is 5.69 Å². The van der Waals surface area contributed by atoms with Crippen LogP contribution in [0.5, 0.6) is 0 Å². The molecule has 2 N–H and O–H groups in total. The number of aryl methyl sites for hydroxylation is 1. The largest absolute Gasteiger partial charge is 0.348 e. The van der Waals surface area contributed by atoms with E-state index in [1.807, 2.05) is 0 Å². The molecule has 3 rings (SSSR count). The third-order valence-corrected chi connectivity index (χ3v) is 7.63. The summed E-state index contributed by atoms with van der Waals surface area (Å²) in [6, 6.07) is 4.30. The van der Waals surface area contributed by atoms with Crippen LogP contribution < -0.4 is 10.6 Å². The second-order valence-corrected chi connectivity index (χ2v) is 9.74. The molecule has 0 unspecified atom stereocenters. The second-order valence-electron chi connectivity index (χ2n) is 7.53. The first-order chi connectivity index (χ1) is 13.7. The van der Waals surface area contributed by atoms with Gasteiger partial charge in [0.2, 0.25) is 10.0 Å². The van der Waals surface area contributed by atoms with Crippen LogP contribution in [0, 0.1) is 23.0 Å². The molecule has 0 atom stereocenters. The molecule has 1 saturated heterocycles. The summed E-state index contributed by atoms with van der Waals surface area (Å²) < 4.78 is 26.0. The SMILES string of the molecule is Cc1ccc(NC(=O)C(=O)NCC2CCN(S(=O)(=O)C3CC3)CC2)c([N+](=O)[O-])c1. The minimum absolute atomic E-state index is 0.0423. The molecule has 1 aromatic rings. The van der Waals surface area contributed by atoms with Crippen LogP contribution in [0.3, 0.4) is 0 Å². The first-order valence-electron chi connectivity index (χ1n) is 9.51. The molecular weight excluding hydrogens is 400 g/mol. The first kappa shape index (κ1) is 21.2. The fraction of sp³-hybridized carbons (Fsp3) is 0.556. The number of nitro groups is 1. The zero-order valence-electron chi connectivity index (χ0n) is 16.1. The average molecular weight is 424 g/mol. The van der Waals surface area contributed by atoms with Crippen molar-refractivity contribution in [2.24, 2.45) is 5.92 Å². The summed E-state index contributed by atoms with van der Waals surface area (Å²) >= 11 is 0. The Hall–Kier alpha value is -2.53. The molecule has 2 amide bonds. The minimum atomic E-state index is -3.18. The molecule has 29 heavy (non-hydrogen) atoms. The lowest BCUT2D eigenvalue weighted by Gasteiger charge is -2.31. The number of nitrogens with one attached hydrogen (secondary N) is 2. The number of nitrogens with zero attached hydrogens (tertiary/aromatic N) is 2. The molecule has 0 spiro atoms. The second kappa shape index (κ2) is 8.46. The van der Waals surface area contributed by atoms with E-state index in [4.69, 9.17) is 0 Å². The summed E-state index contributed by atoms with van der Waals surface area (Å²) in [4.78, 5) is 34.6. The number of sulfonamides is 1. The van der Waals surface area contributed by atoms with Crippen molar-refractivity contribution in [2.75, 3.05) is 25.0 Å².